The molecule has 0 unspecified atom stereocenters. The molecule has 0 spiro atoms. The van der Waals surface area contributed by atoms with Crippen LogP contribution in [0.5, 0.6) is 11.5 Å². The van der Waals surface area contributed by atoms with Crippen molar-refractivity contribution >= 4 is 29.5 Å². The molecule has 3 aromatic carbocycles. The number of carbonyl (C=O) groups excluding carboxylic acids is 1. The molecule has 0 aliphatic carbocycles. The summed E-state index contributed by atoms with van der Waals surface area (Å²) in [6, 6.07) is 21.0. The Kier molecular flexibility index (Phi) is 8.34. The highest BCUT2D eigenvalue weighted by atomic mass is 35.5. The second-order valence-electron chi connectivity index (χ2n) is 8.25. The van der Waals surface area contributed by atoms with Crippen molar-refractivity contribution in [1.82, 2.24) is 15.2 Å². The smallest absolute Gasteiger partial charge is 0.390 e. The largest absolute Gasteiger partial charge is 0.493 e. The number of carbonyl (C=O) groups is 1. The number of amides is 1. The molecule has 0 saturated heterocycles. The average molecular weight is 534 g/mol. The highest BCUT2D eigenvalue weighted by Crippen LogP contribution is 2.29. The SMILES string of the molecule is COc1cc(/C=N/NC(=O)c2ccc(Cn3nc([N+](=O)[O-])cc3C)cc2)ccc1OCc1ccccc1Cl. The molecule has 0 saturated carbocycles. The highest BCUT2D eigenvalue weighted by Gasteiger charge is 2.15. The molecule has 0 atom stereocenters. The molecule has 4 rings (SSSR count). The summed E-state index contributed by atoms with van der Waals surface area (Å²) in [5.41, 5.74) is 5.98. The van der Waals surface area contributed by atoms with Gasteiger partial charge < -0.3 is 19.6 Å². The summed E-state index contributed by atoms with van der Waals surface area (Å²) in [4.78, 5) is 22.9. The highest BCUT2D eigenvalue weighted by molar-refractivity contribution is 6.31. The van der Waals surface area contributed by atoms with Crippen LogP contribution in [0.15, 0.2) is 77.9 Å². The van der Waals surface area contributed by atoms with Crippen molar-refractivity contribution in [1.29, 1.82) is 0 Å². The summed E-state index contributed by atoms with van der Waals surface area (Å²) in [6.07, 6.45) is 1.50. The summed E-state index contributed by atoms with van der Waals surface area (Å²) in [5, 5.41) is 19.5. The van der Waals surface area contributed by atoms with Crippen LogP contribution < -0.4 is 14.9 Å². The first-order chi connectivity index (χ1) is 18.3. The van der Waals surface area contributed by atoms with Gasteiger partial charge in [-0.3, -0.25) is 4.79 Å². The lowest BCUT2D eigenvalue weighted by atomic mass is 10.1. The van der Waals surface area contributed by atoms with Gasteiger partial charge in [0.15, 0.2) is 11.5 Å². The number of aryl methyl sites for hydroxylation is 1. The Morgan fingerprint density at radius 3 is 2.58 bits per heavy atom. The Labute approximate surface area is 223 Å². The molecule has 38 heavy (non-hydrogen) atoms. The van der Waals surface area contributed by atoms with Crippen molar-refractivity contribution < 1.29 is 19.2 Å². The monoisotopic (exact) mass is 533 g/mol. The average Bonchev–Trinajstić information content (AvgIpc) is 3.29. The third kappa shape index (κ3) is 6.54. The molecule has 1 amide bonds. The van der Waals surface area contributed by atoms with Gasteiger partial charge in [-0.1, -0.05) is 41.9 Å². The van der Waals surface area contributed by atoms with Gasteiger partial charge in [-0.15, -0.1) is 0 Å². The Morgan fingerprint density at radius 2 is 1.89 bits per heavy atom. The minimum atomic E-state index is -0.530. The molecule has 1 heterocycles. The molecule has 0 radical (unpaired) electrons. The lowest BCUT2D eigenvalue weighted by Crippen LogP contribution is -2.17. The van der Waals surface area contributed by atoms with E-state index in [0.717, 1.165) is 11.1 Å². The zero-order valence-electron chi connectivity index (χ0n) is 20.6. The zero-order valence-corrected chi connectivity index (χ0v) is 21.4. The molecular weight excluding hydrogens is 510 g/mol. The molecule has 0 bridgehead atoms. The fourth-order valence-corrected chi connectivity index (χ4v) is 3.75. The summed E-state index contributed by atoms with van der Waals surface area (Å²) < 4.78 is 12.8. The summed E-state index contributed by atoms with van der Waals surface area (Å²) >= 11 is 6.19. The Balaban J connectivity index is 1.34. The van der Waals surface area contributed by atoms with Gasteiger partial charge in [0.25, 0.3) is 5.91 Å². The van der Waals surface area contributed by atoms with Crippen LogP contribution in [0.1, 0.15) is 32.7 Å². The maximum Gasteiger partial charge on any atom is 0.390 e. The minimum Gasteiger partial charge on any atom is -0.493 e. The summed E-state index contributed by atoms with van der Waals surface area (Å²) in [6.45, 7) is 2.39. The van der Waals surface area contributed by atoms with Gasteiger partial charge in [0.1, 0.15) is 6.61 Å². The summed E-state index contributed by atoms with van der Waals surface area (Å²) in [7, 11) is 1.54. The van der Waals surface area contributed by atoms with E-state index in [9.17, 15) is 14.9 Å². The van der Waals surface area contributed by atoms with E-state index in [4.69, 9.17) is 21.1 Å². The van der Waals surface area contributed by atoms with Gasteiger partial charge in [0, 0.05) is 16.1 Å². The van der Waals surface area contributed by atoms with E-state index in [-0.39, 0.29) is 11.7 Å². The maximum atomic E-state index is 12.5. The zero-order chi connectivity index (χ0) is 27.1. The van der Waals surface area contributed by atoms with Gasteiger partial charge in [-0.05, 0) is 59.4 Å². The maximum absolute atomic E-state index is 12.5. The standard InChI is InChI=1S/C27H24ClN5O5/c1-18-13-26(33(35)36)31-32(18)16-19-7-10-21(11-8-19)27(34)30-29-15-20-9-12-24(25(14-20)37-2)38-17-22-5-3-4-6-23(22)28/h3-15H,16-17H2,1-2H3,(H,30,34)/b29-15+. The third-order valence-electron chi connectivity index (χ3n) is 5.61. The normalized spacial score (nSPS) is 10.9. The van der Waals surface area contributed by atoms with E-state index in [1.807, 2.05) is 18.2 Å². The van der Waals surface area contributed by atoms with Crippen LogP contribution in [-0.4, -0.2) is 33.9 Å². The second kappa shape index (κ2) is 12.0. The molecule has 0 aliphatic heterocycles. The van der Waals surface area contributed by atoms with Crippen LogP contribution >= 0.6 is 11.6 Å². The number of methoxy groups -OCH3 is 1. The Morgan fingerprint density at radius 1 is 1.13 bits per heavy atom. The predicted molar refractivity (Wildman–Crippen MR) is 143 cm³/mol. The molecule has 1 N–H and O–H groups in total. The number of nitro groups is 1. The summed E-state index contributed by atoms with van der Waals surface area (Å²) in [5.74, 6) is 0.480. The number of halogens is 1. The van der Waals surface area contributed by atoms with Crippen LogP contribution in [0.2, 0.25) is 5.02 Å². The number of rotatable bonds is 10. The van der Waals surface area contributed by atoms with Crippen LogP contribution in [0.25, 0.3) is 0 Å². The van der Waals surface area contributed by atoms with E-state index in [1.165, 1.54) is 12.3 Å². The minimum absolute atomic E-state index is 0.201. The molecule has 194 valence electrons. The third-order valence-corrected chi connectivity index (χ3v) is 5.98. The molecule has 10 nitrogen and oxygen atoms in total. The van der Waals surface area contributed by atoms with Crippen molar-refractivity contribution in [3.05, 3.63) is 116 Å². The number of hydrogen-bond acceptors (Lipinski definition) is 7. The second-order valence-corrected chi connectivity index (χ2v) is 8.65. The molecule has 4 aromatic rings. The number of aromatic nitrogens is 2. The molecule has 0 fully saturated rings. The number of hydrazone groups is 1. The van der Waals surface area contributed by atoms with Gasteiger partial charge in [0.05, 0.1) is 36.7 Å². The lowest BCUT2D eigenvalue weighted by Gasteiger charge is -2.12. The van der Waals surface area contributed by atoms with Crippen LogP contribution in [0.3, 0.4) is 0 Å². The number of ether oxygens (including phenoxy) is 2. The number of nitrogens with one attached hydrogen (secondary N) is 1. The van der Waals surface area contributed by atoms with Crippen molar-refractivity contribution in [2.45, 2.75) is 20.1 Å². The van der Waals surface area contributed by atoms with Crippen molar-refractivity contribution in [2.75, 3.05) is 7.11 Å². The molecule has 1 aromatic heterocycles. The van der Waals surface area contributed by atoms with Crippen LogP contribution in [0, 0.1) is 17.0 Å². The Bertz CT molecular complexity index is 1480. The molecule has 11 heteroatoms. The van der Waals surface area contributed by atoms with E-state index < -0.39 is 4.92 Å². The van der Waals surface area contributed by atoms with Crippen molar-refractivity contribution in [2.24, 2.45) is 5.10 Å². The van der Waals surface area contributed by atoms with Crippen molar-refractivity contribution in [3.63, 3.8) is 0 Å². The number of hydrogen-bond donors (Lipinski definition) is 1. The first-order valence-electron chi connectivity index (χ1n) is 11.5. The first-order valence-corrected chi connectivity index (χ1v) is 11.9. The van der Waals surface area contributed by atoms with Gasteiger partial charge >= 0.3 is 5.82 Å². The van der Waals surface area contributed by atoms with Gasteiger partial charge in [-0.2, -0.15) is 9.78 Å². The fraction of sp³-hybridized carbons (Fsp3) is 0.148. The molecule has 0 aliphatic rings. The molecular formula is C27H24ClN5O5. The number of nitrogens with zero attached hydrogens (tertiary/aromatic N) is 4. The van der Waals surface area contributed by atoms with E-state index in [2.05, 4.69) is 15.6 Å². The van der Waals surface area contributed by atoms with Crippen LogP contribution in [0.4, 0.5) is 5.82 Å². The number of benzene rings is 3. The van der Waals surface area contributed by atoms with Gasteiger partial charge in [0.2, 0.25) is 0 Å². The fourth-order valence-electron chi connectivity index (χ4n) is 3.56. The van der Waals surface area contributed by atoms with E-state index in [1.54, 1.807) is 67.2 Å². The van der Waals surface area contributed by atoms with Crippen LogP contribution in [-0.2, 0) is 13.2 Å². The quantitative estimate of drug-likeness (QED) is 0.171. The topological polar surface area (TPSA) is 121 Å². The van der Waals surface area contributed by atoms with E-state index in [0.29, 0.717) is 46.5 Å². The Hall–Kier alpha value is -4.70. The first kappa shape index (κ1) is 26.4. The van der Waals surface area contributed by atoms with Gasteiger partial charge in [-0.25, -0.2) is 5.43 Å². The van der Waals surface area contributed by atoms with E-state index >= 15 is 0 Å². The van der Waals surface area contributed by atoms with Crippen molar-refractivity contribution in [3.8, 4) is 11.5 Å². The lowest BCUT2D eigenvalue weighted by molar-refractivity contribution is -0.389. The predicted octanol–water partition coefficient (Wildman–Crippen LogP) is 5.15.